The van der Waals surface area contributed by atoms with Crippen molar-refractivity contribution in [2.45, 2.75) is 19.5 Å². The first-order valence-electron chi connectivity index (χ1n) is 12.8. The van der Waals surface area contributed by atoms with E-state index in [1.54, 1.807) is 55.9 Å². The van der Waals surface area contributed by atoms with Crippen LogP contribution >= 0.6 is 11.6 Å². The van der Waals surface area contributed by atoms with Crippen molar-refractivity contribution in [2.75, 3.05) is 12.4 Å². The van der Waals surface area contributed by atoms with E-state index in [1.807, 2.05) is 35.8 Å². The van der Waals surface area contributed by atoms with Crippen molar-refractivity contribution in [1.29, 1.82) is 0 Å². The number of ether oxygens (including phenoxy) is 1. The number of nitrogens with one attached hydrogen (secondary N) is 1. The van der Waals surface area contributed by atoms with Crippen molar-refractivity contribution < 1.29 is 4.74 Å². The molecule has 0 aliphatic carbocycles. The molecule has 41 heavy (non-hydrogen) atoms. The summed E-state index contributed by atoms with van der Waals surface area (Å²) in [5, 5.41) is 4.22. The molecule has 0 saturated carbocycles. The Morgan fingerprint density at radius 3 is 2.54 bits per heavy atom. The van der Waals surface area contributed by atoms with Gasteiger partial charge in [-0.1, -0.05) is 35.9 Å². The maximum atomic E-state index is 13.7. The van der Waals surface area contributed by atoms with Gasteiger partial charge in [0.05, 0.1) is 29.1 Å². The topological polar surface area (TPSA) is 117 Å². The second kappa shape index (κ2) is 10.8. The Morgan fingerprint density at radius 2 is 1.78 bits per heavy atom. The highest BCUT2D eigenvalue weighted by molar-refractivity contribution is 6.35. The fourth-order valence-electron chi connectivity index (χ4n) is 4.77. The van der Waals surface area contributed by atoms with Crippen molar-refractivity contribution in [3.8, 4) is 11.6 Å². The minimum atomic E-state index is -0.569. The molecule has 6 aromatic rings. The molecule has 4 aromatic heterocycles. The van der Waals surface area contributed by atoms with Crippen LogP contribution in [0, 0.1) is 0 Å². The molecule has 1 N–H and O–H groups in total. The van der Waals surface area contributed by atoms with Crippen LogP contribution in [0.2, 0.25) is 5.02 Å². The predicted molar refractivity (Wildman–Crippen MR) is 158 cm³/mol. The predicted octanol–water partition coefficient (Wildman–Crippen LogP) is 4.77. The lowest BCUT2D eigenvalue weighted by atomic mass is 10.2. The Bertz CT molecular complexity index is 2010. The molecule has 1 unspecified atom stereocenters. The molecule has 0 amide bonds. The van der Waals surface area contributed by atoms with E-state index in [1.165, 1.54) is 17.0 Å². The average Bonchev–Trinajstić information content (AvgIpc) is 2.99. The SMILES string of the molecule is COc1ccc(Cn2ccc(=O)c3c(NC(C)c4nc5cccc(Cl)c5c(=O)n4-c4ccccn4)ncnc32)cc1. The number of halogens is 1. The van der Waals surface area contributed by atoms with E-state index < -0.39 is 6.04 Å². The third-order valence-electron chi connectivity index (χ3n) is 6.76. The summed E-state index contributed by atoms with van der Waals surface area (Å²) in [6.45, 7) is 2.32. The van der Waals surface area contributed by atoms with Gasteiger partial charge < -0.3 is 14.6 Å². The number of pyridine rings is 2. The van der Waals surface area contributed by atoms with Gasteiger partial charge in [-0.2, -0.15) is 0 Å². The molecule has 0 fully saturated rings. The van der Waals surface area contributed by atoms with Crippen molar-refractivity contribution >= 4 is 39.4 Å². The molecule has 0 bridgehead atoms. The van der Waals surface area contributed by atoms with Gasteiger partial charge in [-0.05, 0) is 48.9 Å². The number of methoxy groups -OCH3 is 1. The number of nitrogens with zero attached hydrogens (tertiary/aromatic N) is 6. The molecular formula is C30H24ClN7O3. The van der Waals surface area contributed by atoms with Crippen molar-refractivity contribution in [3.63, 3.8) is 0 Å². The number of benzene rings is 2. The van der Waals surface area contributed by atoms with Gasteiger partial charge in [0, 0.05) is 25.0 Å². The van der Waals surface area contributed by atoms with Crippen LogP contribution < -0.4 is 21.0 Å². The molecule has 10 nitrogen and oxygen atoms in total. The van der Waals surface area contributed by atoms with E-state index in [2.05, 4.69) is 20.3 Å². The zero-order valence-corrected chi connectivity index (χ0v) is 22.9. The Labute approximate surface area is 238 Å². The Morgan fingerprint density at radius 1 is 0.951 bits per heavy atom. The van der Waals surface area contributed by atoms with Crippen LogP contribution in [0.4, 0.5) is 5.82 Å². The monoisotopic (exact) mass is 565 g/mol. The van der Waals surface area contributed by atoms with Crippen LogP contribution in [0.1, 0.15) is 24.4 Å². The number of hydrogen-bond donors (Lipinski definition) is 1. The minimum Gasteiger partial charge on any atom is -0.497 e. The summed E-state index contributed by atoms with van der Waals surface area (Å²) in [5.74, 6) is 1.86. The van der Waals surface area contributed by atoms with Gasteiger partial charge in [0.1, 0.15) is 40.6 Å². The fraction of sp³-hybridized carbons (Fsp3) is 0.133. The van der Waals surface area contributed by atoms with Crippen LogP contribution in [0.5, 0.6) is 5.75 Å². The highest BCUT2D eigenvalue weighted by atomic mass is 35.5. The number of hydrogen-bond acceptors (Lipinski definition) is 8. The molecule has 4 heterocycles. The third-order valence-corrected chi connectivity index (χ3v) is 7.07. The quantitative estimate of drug-likeness (QED) is 0.294. The fourth-order valence-corrected chi connectivity index (χ4v) is 5.02. The molecule has 0 spiro atoms. The summed E-state index contributed by atoms with van der Waals surface area (Å²) < 4.78 is 8.57. The minimum absolute atomic E-state index is 0.235. The van der Waals surface area contributed by atoms with Crippen LogP contribution in [-0.4, -0.2) is 36.2 Å². The number of fused-ring (bicyclic) bond motifs is 2. The van der Waals surface area contributed by atoms with E-state index in [4.69, 9.17) is 21.3 Å². The molecule has 11 heteroatoms. The second-order valence-corrected chi connectivity index (χ2v) is 9.78. The molecule has 204 valence electrons. The smallest absolute Gasteiger partial charge is 0.268 e. The first-order chi connectivity index (χ1) is 19.9. The maximum absolute atomic E-state index is 13.7. The molecule has 0 radical (unpaired) electrons. The van der Waals surface area contributed by atoms with Gasteiger partial charge in [0.15, 0.2) is 5.43 Å². The summed E-state index contributed by atoms with van der Waals surface area (Å²) in [4.78, 5) is 44.9. The van der Waals surface area contributed by atoms with E-state index in [0.717, 1.165) is 11.3 Å². The molecule has 6 rings (SSSR count). The van der Waals surface area contributed by atoms with Gasteiger partial charge >= 0.3 is 0 Å². The lowest BCUT2D eigenvalue weighted by Crippen LogP contribution is -2.28. The summed E-state index contributed by atoms with van der Waals surface area (Å²) in [6, 6.07) is 19.0. The Hall–Kier alpha value is -5.09. The molecule has 0 aliphatic rings. The largest absolute Gasteiger partial charge is 0.497 e. The molecule has 0 aliphatic heterocycles. The van der Waals surface area contributed by atoms with Gasteiger partial charge in [0.25, 0.3) is 5.56 Å². The van der Waals surface area contributed by atoms with Crippen molar-refractivity contribution in [3.05, 3.63) is 122 Å². The zero-order chi connectivity index (χ0) is 28.5. The van der Waals surface area contributed by atoms with Gasteiger partial charge in [0.2, 0.25) is 0 Å². The van der Waals surface area contributed by atoms with E-state index in [0.29, 0.717) is 51.0 Å². The molecule has 1 atom stereocenters. The zero-order valence-electron chi connectivity index (χ0n) is 22.2. The summed E-state index contributed by atoms with van der Waals surface area (Å²) >= 11 is 6.40. The number of aromatic nitrogens is 6. The number of rotatable bonds is 7. The Balaban J connectivity index is 1.45. The average molecular weight is 566 g/mol. The normalized spacial score (nSPS) is 12.0. The summed E-state index contributed by atoms with van der Waals surface area (Å²) in [5.41, 5.74) is 1.35. The van der Waals surface area contributed by atoms with Crippen LogP contribution in [0.25, 0.3) is 27.8 Å². The lowest BCUT2D eigenvalue weighted by molar-refractivity contribution is 0.414. The number of anilines is 1. The first-order valence-corrected chi connectivity index (χ1v) is 13.2. The second-order valence-electron chi connectivity index (χ2n) is 9.38. The van der Waals surface area contributed by atoms with Gasteiger partial charge in [-0.3, -0.25) is 9.59 Å². The summed E-state index contributed by atoms with van der Waals surface area (Å²) in [6.07, 6.45) is 4.72. The lowest BCUT2D eigenvalue weighted by Gasteiger charge is -2.20. The van der Waals surface area contributed by atoms with E-state index in [-0.39, 0.29) is 11.0 Å². The highest BCUT2D eigenvalue weighted by Gasteiger charge is 2.22. The maximum Gasteiger partial charge on any atom is 0.268 e. The molecule has 2 aromatic carbocycles. The molecule has 0 saturated heterocycles. The van der Waals surface area contributed by atoms with E-state index >= 15 is 0 Å². The molecular weight excluding hydrogens is 542 g/mol. The van der Waals surface area contributed by atoms with Gasteiger partial charge in [-0.15, -0.1) is 0 Å². The van der Waals surface area contributed by atoms with Crippen molar-refractivity contribution in [1.82, 2.24) is 29.1 Å². The van der Waals surface area contributed by atoms with Crippen LogP contribution in [0.15, 0.2) is 95.0 Å². The van der Waals surface area contributed by atoms with Gasteiger partial charge in [-0.25, -0.2) is 24.5 Å². The van der Waals surface area contributed by atoms with E-state index in [9.17, 15) is 9.59 Å². The van der Waals surface area contributed by atoms with Crippen LogP contribution in [-0.2, 0) is 6.54 Å². The Kier molecular flexibility index (Phi) is 6.90. The standard InChI is InChI=1S/C30H24ClN7O3/c1-18(28-36-22-7-5-6-21(31)25(22)30(40)38(28)24-8-3-4-14-32-24)35-27-26-23(39)13-15-37(29(26)34-17-33-27)16-19-9-11-20(41-2)12-10-19/h3-15,17-18H,16H2,1-2H3,(H,33,34,35). The van der Waals surface area contributed by atoms with Crippen LogP contribution in [0.3, 0.4) is 0 Å². The highest BCUT2D eigenvalue weighted by Crippen LogP contribution is 2.26. The third kappa shape index (κ3) is 4.89. The first kappa shape index (κ1) is 26.1. The summed E-state index contributed by atoms with van der Waals surface area (Å²) in [7, 11) is 1.62. The van der Waals surface area contributed by atoms with Crippen molar-refractivity contribution in [2.24, 2.45) is 0 Å².